The molecule has 3 atom stereocenters. The van der Waals surface area contributed by atoms with Crippen molar-refractivity contribution in [2.45, 2.75) is 33.2 Å². The molecular formula is C16H21NO2S. The first kappa shape index (κ1) is 15.1. The van der Waals surface area contributed by atoms with Gasteiger partial charge in [0.05, 0.1) is 9.75 Å². The van der Waals surface area contributed by atoms with Gasteiger partial charge in [-0.2, -0.15) is 0 Å². The van der Waals surface area contributed by atoms with E-state index in [-0.39, 0.29) is 18.6 Å². The van der Waals surface area contributed by atoms with E-state index in [4.69, 9.17) is 5.11 Å². The van der Waals surface area contributed by atoms with E-state index in [0.717, 1.165) is 16.3 Å². The van der Waals surface area contributed by atoms with Crippen molar-refractivity contribution in [3.8, 4) is 11.8 Å². The summed E-state index contributed by atoms with van der Waals surface area (Å²) in [4.78, 5) is 16.2. The molecule has 2 rings (SSSR count). The lowest BCUT2D eigenvalue weighted by atomic mass is 9.86. The van der Waals surface area contributed by atoms with Crippen molar-refractivity contribution in [2.75, 3.05) is 13.2 Å². The van der Waals surface area contributed by atoms with Gasteiger partial charge in [0, 0.05) is 12.6 Å². The van der Waals surface area contributed by atoms with E-state index in [9.17, 15) is 4.79 Å². The van der Waals surface area contributed by atoms with E-state index in [0.29, 0.717) is 11.8 Å². The van der Waals surface area contributed by atoms with Crippen molar-refractivity contribution >= 4 is 17.2 Å². The van der Waals surface area contributed by atoms with Crippen molar-refractivity contribution < 1.29 is 9.90 Å². The molecular weight excluding hydrogens is 270 g/mol. The van der Waals surface area contributed by atoms with Gasteiger partial charge in [-0.05, 0) is 37.3 Å². The summed E-state index contributed by atoms with van der Waals surface area (Å²) in [6.07, 6.45) is 1.18. The Bertz CT molecular complexity index is 540. The summed E-state index contributed by atoms with van der Waals surface area (Å²) in [6.45, 7) is 7.23. The molecule has 1 aliphatic rings. The lowest BCUT2D eigenvalue weighted by Crippen LogP contribution is -2.48. The van der Waals surface area contributed by atoms with Crippen LogP contribution in [0.25, 0.3) is 0 Å². The second-order valence-corrected chi connectivity index (χ2v) is 6.72. The third-order valence-electron chi connectivity index (χ3n) is 3.97. The lowest BCUT2D eigenvalue weighted by molar-refractivity contribution is 0.0460. The average molecular weight is 291 g/mol. The van der Waals surface area contributed by atoms with Gasteiger partial charge in [-0.3, -0.25) is 4.79 Å². The van der Waals surface area contributed by atoms with Crippen molar-refractivity contribution in [2.24, 2.45) is 11.8 Å². The Balaban J connectivity index is 2.15. The largest absolute Gasteiger partial charge is 0.384 e. The van der Waals surface area contributed by atoms with E-state index in [1.54, 1.807) is 0 Å². The highest BCUT2D eigenvalue weighted by molar-refractivity contribution is 7.14. The Labute approximate surface area is 124 Å². The van der Waals surface area contributed by atoms with Crippen LogP contribution in [0.3, 0.4) is 0 Å². The molecule has 3 unspecified atom stereocenters. The minimum absolute atomic E-state index is 0.109. The van der Waals surface area contributed by atoms with Crippen LogP contribution in [0.1, 0.15) is 41.7 Å². The van der Waals surface area contributed by atoms with Gasteiger partial charge in [-0.15, -0.1) is 11.3 Å². The van der Waals surface area contributed by atoms with Crippen molar-refractivity contribution in [3.05, 3.63) is 21.9 Å². The highest BCUT2D eigenvalue weighted by Gasteiger charge is 2.32. The summed E-state index contributed by atoms with van der Waals surface area (Å²) in [5, 5.41) is 8.70. The number of likely N-dealkylation sites (tertiary alicyclic amines) is 1. The molecule has 1 aromatic rings. The minimum Gasteiger partial charge on any atom is -0.384 e. The second kappa shape index (κ2) is 6.43. The highest BCUT2D eigenvalue weighted by atomic mass is 32.1. The molecule has 1 aromatic heterocycles. The SMILES string of the molecule is CC1CC(C)C(C)N(C(=O)c2ccc(C#CCO)s2)C1. The fourth-order valence-electron chi connectivity index (χ4n) is 2.77. The number of carbonyl (C=O) groups is 1. The van der Waals surface area contributed by atoms with Crippen LogP contribution in [0.15, 0.2) is 12.1 Å². The Kier molecular flexibility index (Phi) is 4.85. The van der Waals surface area contributed by atoms with Gasteiger partial charge in [0.2, 0.25) is 0 Å². The van der Waals surface area contributed by atoms with Crippen molar-refractivity contribution in [1.29, 1.82) is 0 Å². The van der Waals surface area contributed by atoms with Crippen LogP contribution >= 0.6 is 11.3 Å². The first-order valence-electron chi connectivity index (χ1n) is 7.03. The molecule has 2 heterocycles. The lowest BCUT2D eigenvalue weighted by Gasteiger charge is -2.40. The van der Waals surface area contributed by atoms with Gasteiger partial charge in [-0.25, -0.2) is 0 Å². The maximum absolute atomic E-state index is 12.6. The van der Waals surface area contributed by atoms with Crippen LogP contribution in [0.4, 0.5) is 0 Å². The van der Waals surface area contributed by atoms with Gasteiger partial charge in [-0.1, -0.05) is 25.7 Å². The fourth-order valence-corrected chi connectivity index (χ4v) is 3.61. The number of nitrogens with zero attached hydrogens (tertiary/aromatic N) is 1. The van der Waals surface area contributed by atoms with Crippen LogP contribution in [0.5, 0.6) is 0 Å². The molecule has 0 aromatic carbocycles. The van der Waals surface area contributed by atoms with Crippen LogP contribution in [0, 0.1) is 23.7 Å². The standard InChI is InChI=1S/C16H21NO2S/c1-11-9-12(2)13(3)17(10-11)16(19)15-7-6-14(20-15)5-4-8-18/h6-7,11-13,18H,8-10H2,1-3H3. The van der Waals surface area contributed by atoms with Gasteiger partial charge in [0.25, 0.3) is 5.91 Å². The number of aliphatic hydroxyl groups is 1. The monoisotopic (exact) mass is 291 g/mol. The number of aliphatic hydroxyl groups excluding tert-OH is 1. The molecule has 1 N–H and O–H groups in total. The summed E-state index contributed by atoms with van der Waals surface area (Å²) < 4.78 is 0. The smallest absolute Gasteiger partial charge is 0.264 e. The van der Waals surface area contributed by atoms with E-state index in [1.165, 1.54) is 17.8 Å². The maximum Gasteiger partial charge on any atom is 0.264 e. The van der Waals surface area contributed by atoms with Crippen LogP contribution in [-0.4, -0.2) is 35.1 Å². The molecule has 1 fully saturated rings. The molecule has 3 nitrogen and oxygen atoms in total. The van der Waals surface area contributed by atoms with Crippen molar-refractivity contribution in [3.63, 3.8) is 0 Å². The topological polar surface area (TPSA) is 40.5 Å². The number of thiophene rings is 1. The molecule has 1 amide bonds. The molecule has 1 aliphatic heterocycles. The van der Waals surface area contributed by atoms with Crippen LogP contribution in [0.2, 0.25) is 0 Å². The Morgan fingerprint density at radius 3 is 2.90 bits per heavy atom. The molecule has 0 spiro atoms. The summed E-state index contributed by atoms with van der Waals surface area (Å²) >= 11 is 1.40. The third-order valence-corrected chi connectivity index (χ3v) is 4.95. The van der Waals surface area contributed by atoms with Crippen LogP contribution in [-0.2, 0) is 0 Å². The normalized spacial score (nSPS) is 26.0. The maximum atomic E-state index is 12.6. The molecule has 4 heteroatoms. The predicted octanol–water partition coefficient (Wildman–Crippen LogP) is 2.60. The molecule has 20 heavy (non-hydrogen) atoms. The number of carbonyl (C=O) groups excluding carboxylic acids is 1. The molecule has 108 valence electrons. The molecule has 0 saturated carbocycles. The van der Waals surface area contributed by atoms with Gasteiger partial charge in [0.15, 0.2) is 0 Å². The zero-order valence-corrected chi connectivity index (χ0v) is 13.0. The number of hydrogen-bond donors (Lipinski definition) is 1. The zero-order valence-electron chi connectivity index (χ0n) is 12.2. The van der Waals surface area contributed by atoms with Crippen molar-refractivity contribution in [1.82, 2.24) is 4.90 Å². The summed E-state index contributed by atoms with van der Waals surface area (Å²) in [5.74, 6) is 6.66. The quantitative estimate of drug-likeness (QED) is 0.808. The fraction of sp³-hybridized carbons (Fsp3) is 0.562. The number of hydrogen-bond acceptors (Lipinski definition) is 3. The van der Waals surface area contributed by atoms with Gasteiger partial charge < -0.3 is 10.0 Å². The third kappa shape index (κ3) is 3.23. The Hall–Kier alpha value is -1.31. The zero-order chi connectivity index (χ0) is 14.7. The van der Waals surface area contributed by atoms with E-state index in [2.05, 4.69) is 32.6 Å². The minimum atomic E-state index is -0.153. The predicted molar refractivity (Wildman–Crippen MR) is 81.7 cm³/mol. The van der Waals surface area contributed by atoms with E-state index in [1.807, 2.05) is 17.0 Å². The Morgan fingerprint density at radius 1 is 1.45 bits per heavy atom. The first-order chi connectivity index (χ1) is 9.52. The first-order valence-corrected chi connectivity index (χ1v) is 7.85. The summed E-state index contributed by atoms with van der Waals surface area (Å²) in [6, 6.07) is 3.97. The van der Waals surface area contributed by atoms with Crippen LogP contribution < -0.4 is 0 Å². The number of rotatable bonds is 1. The molecule has 0 aliphatic carbocycles. The number of amides is 1. The van der Waals surface area contributed by atoms with E-state index >= 15 is 0 Å². The van der Waals surface area contributed by atoms with Gasteiger partial charge >= 0.3 is 0 Å². The highest BCUT2D eigenvalue weighted by Crippen LogP contribution is 2.29. The van der Waals surface area contributed by atoms with Gasteiger partial charge in [0.1, 0.15) is 6.61 Å². The molecule has 0 radical (unpaired) electrons. The summed E-state index contributed by atoms with van der Waals surface area (Å²) in [5.41, 5.74) is 0. The average Bonchev–Trinajstić information content (AvgIpc) is 2.88. The summed E-state index contributed by atoms with van der Waals surface area (Å²) in [7, 11) is 0. The Morgan fingerprint density at radius 2 is 2.20 bits per heavy atom. The second-order valence-electron chi connectivity index (χ2n) is 5.64. The van der Waals surface area contributed by atoms with E-state index < -0.39 is 0 Å². The molecule has 0 bridgehead atoms. The molecule has 1 saturated heterocycles. The number of piperidine rings is 1.